The van der Waals surface area contributed by atoms with Crippen LogP contribution in [0, 0.1) is 6.92 Å². The number of hydrogen-bond donors (Lipinski definition) is 0. The summed E-state index contributed by atoms with van der Waals surface area (Å²) in [6.45, 7) is 0.346. The number of aryl methyl sites for hydroxylation is 1. The van der Waals surface area contributed by atoms with Crippen molar-refractivity contribution in [1.82, 2.24) is 4.98 Å². The molecular formula is C9H9ClF3NO. The number of alkyl halides is 4. The number of rotatable bonds is 3. The van der Waals surface area contributed by atoms with Crippen LogP contribution in [0.4, 0.5) is 13.2 Å². The highest BCUT2D eigenvalue weighted by Crippen LogP contribution is 2.24. The molecule has 0 spiro atoms. The maximum absolute atomic E-state index is 11.9. The molecule has 84 valence electrons. The molecule has 1 rings (SSSR count). The fourth-order valence-electron chi connectivity index (χ4n) is 1.03. The third-order valence-electron chi connectivity index (χ3n) is 1.75. The molecule has 0 atom stereocenters. The molecule has 0 bridgehead atoms. The maximum Gasteiger partial charge on any atom is 0.422 e. The predicted molar refractivity (Wildman–Crippen MR) is 50.1 cm³/mol. The summed E-state index contributed by atoms with van der Waals surface area (Å²) in [7, 11) is 0. The van der Waals surface area contributed by atoms with E-state index in [1.807, 2.05) is 0 Å². The van der Waals surface area contributed by atoms with Gasteiger partial charge in [-0.05, 0) is 13.0 Å². The lowest BCUT2D eigenvalue weighted by Gasteiger charge is -2.12. The van der Waals surface area contributed by atoms with E-state index in [-0.39, 0.29) is 11.6 Å². The van der Waals surface area contributed by atoms with E-state index >= 15 is 0 Å². The van der Waals surface area contributed by atoms with Gasteiger partial charge < -0.3 is 4.74 Å². The van der Waals surface area contributed by atoms with Crippen LogP contribution in [0.2, 0.25) is 0 Å². The highest BCUT2D eigenvalue weighted by molar-refractivity contribution is 6.17. The van der Waals surface area contributed by atoms with Gasteiger partial charge in [-0.25, -0.2) is 0 Å². The Morgan fingerprint density at radius 3 is 2.67 bits per heavy atom. The summed E-state index contributed by atoms with van der Waals surface area (Å²) in [6, 6.07) is 1.37. The SMILES string of the molecule is Cc1nccc(OCC(F)(F)F)c1CCl. The van der Waals surface area contributed by atoms with E-state index in [1.54, 1.807) is 6.92 Å². The van der Waals surface area contributed by atoms with Gasteiger partial charge in [-0.3, -0.25) is 4.98 Å². The average Bonchev–Trinajstić information content (AvgIpc) is 2.13. The van der Waals surface area contributed by atoms with Crippen LogP contribution in [-0.2, 0) is 5.88 Å². The monoisotopic (exact) mass is 239 g/mol. The third kappa shape index (κ3) is 3.58. The fourth-order valence-corrected chi connectivity index (χ4v) is 1.36. The van der Waals surface area contributed by atoms with Crippen LogP contribution in [-0.4, -0.2) is 17.8 Å². The summed E-state index contributed by atoms with van der Waals surface area (Å²) in [5.41, 5.74) is 1.06. The molecule has 15 heavy (non-hydrogen) atoms. The Morgan fingerprint density at radius 2 is 2.13 bits per heavy atom. The van der Waals surface area contributed by atoms with Crippen molar-refractivity contribution in [3.8, 4) is 5.75 Å². The van der Waals surface area contributed by atoms with E-state index in [4.69, 9.17) is 11.6 Å². The molecule has 0 saturated heterocycles. The van der Waals surface area contributed by atoms with E-state index in [2.05, 4.69) is 9.72 Å². The van der Waals surface area contributed by atoms with Crippen LogP contribution in [0.3, 0.4) is 0 Å². The number of halogens is 4. The van der Waals surface area contributed by atoms with Crippen LogP contribution in [0.15, 0.2) is 12.3 Å². The summed E-state index contributed by atoms with van der Waals surface area (Å²) in [6.07, 6.45) is -2.96. The van der Waals surface area contributed by atoms with Crippen molar-refractivity contribution in [1.29, 1.82) is 0 Å². The molecule has 0 N–H and O–H groups in total. The Kier molecular flexibility index (Phi) is 3.79. The molecule has 0 aliphatic rings. The molecule has 0 amide bonds. The van der Waals surface area contributed by atoms with Gasteiger partial charge in [0.15, 0.2) is 6.61 Å². The highest BCUT2D eigenvalue weighted by atomic mass is 35.5. The number of hydrogen-bond acceptors (Lipinski definition) is 2. The van der Waals surface area contributed by atoms with Gasteiger partial charge in [0.25, 0.3) is 0 Å². The molecule has 0 radical (unpaired) electrons. The topological polar surface area (TPSA) is 22.1 Å². The van der Waals surface area contributed by atoms with Gasteiger partial charge >= 0.3 is 6.18 Å². The fraction of sp³-hybridized carbons (Fsp3) is 0.444. The Bertz CT molecular complexity index is 341. The summed E-state index contributed by atoms with van der Waals surface area (Å²) in [5, 5.41) is 0. The third-order valence-corrected chi connectivity index (χ3v) is 2.02. The minimum atomic E-state index is -4.35. The first-order valence-corrected chi connectivity index (χ1v) is 4.67. The van der Waals surface area contributed by atoms with Crippen LogP contribution in [0.25, 0.3) is 0 Å². The van der Waals surface area contributed by atoms with Gasteiger partial charge in [-0.1, -0.05) is 0 Å². The van der Waals surface area contributed by atoms with E-state index in [1.165, 1.54) is 12.3 Å². The molecule has 1 aromatic heterocycles. The summed E-state index contributed by atoms with van der Waals surface area (Å²) < 4.78 is 40.3. The Morgan fingerprint density at radius 1 is 1.47 bits per heavy atom. The van der Waals surface area contributed by atoms with E-state index < -0.39 is 12.8 Å². The van der Waals surface area contributed by atoms with Gasteiger partial charge in [-0.2, -0.15) is 13.2 Å². The zero-order chi connectivity index (χ0) is 11.5. The lowest BCUT2D eigenvalue weighted by atomic mass is 10.2. The largest absolute Gasteiger partial charge is 0.484 e. The standard InChI is InChI=1S/C9H9ClF3NO/c1-6-7(4-10)8(2-3-14-6)15-5-9(11,12)13/h2-3H,4-5H2,1H3. The minimum absolute atomic E-state index is 0.0763. The van der Waals surface area contributed by atoms with Crippen molar-refractivity contribution in [3.63, 3.8) is 0 Å². The Balaban J connectivity index is 2.81. The normalized spacial score (nSPS) is 11.5. The number of nitrogens with zero attached hydrogens (tertiary/aromatic N) is 1. The van der Waals surface area contributed by atoms with Gasteiger partial charge in [0, 0.05) is 17.5 Å². The summed E-state index contributed by atoms with van der Waals surface area (Å²) >= 11 is 5.59. The zero-order valence-corrected chi connectivity index (χ0v) is 8.69. The first-order valence-electron chi connectivity index (χ1n) is 4.14. The second kappa shape index (κ2) is 4.70. The van der Waals surface area contributed by atoms with Gasteiger partial charge in [0.1, 0.15) is 5.75 Å². The molecule has 1 heterocycles. The van der Waals surface area contributed by atoms with Crippen LogP contribution in [0.1, 0.15) is 11.3 Å². The predicted octanol–water partition coefficient (Wildman–Crippen LogP) is 3.07. The zero-order valence-electron chi connectivity index (χ0n) is 7.94. The molecule has 0 saturated carbocycles. The van der Waals surface area contributed by atoms with Crippen molar-refractivity contribution < 1.29 is 17.9 Å². The summed E-state index contributed by atoms with van der Waals surface area (Å²) in [4.78, 5) is 3.91. The molecule has 0 fully saturated rings. The summed E-state index contributed by atoms with van der Waals surface area (Å²) in [5.74, 6) is 0.210. The number of pyridine rings is 1. The van der Waals surface area contributed by atoms with Gasteiger partial charge in [0.05, 0.1) is 5.88 Å². The maximum atomic E-state index is 11.9. The van der Waals surface area contributed by atoms with Gasteiger partial charge in [0.2, 0.25) is 0 Å². The Labute approximate surface area is 90.0 Å². The molecule has 0 aromatic carbocycles. The minimum Gasteiger partial charge on any atom is -0.484 e. The quantitative estimate of drug-likeness (QED) is 0.757. The van der Waals surface area contributed by atoms with Crippen molar-refractivity contribution in [3.05, 3.63) is 23.5 Å². The lowest BCUT2D eigenvalue weighted by molar-refractivity contribution is -0.153. The molecule has 0 aliphatic carbocycles. The molecular weight excluding hydrogens is 231 g/mol. The van der Waals surface area contributed by atoms with Crippen LogP contribution < -0.4 is 4.74 Å². The van der Waals surface area contributed by atoms with E-state index in [0.717, 1.165) is 0 Å². The molecule has 0 aliphatic heterocycles. The van der Waals surface area contributed by atoms with Crippen molar-refractivity contribution in [2.75, 3.05) is 6.61 Å². The van der Waals surface area contributed by atoms with Gasteiger partial charge in [-0.15, -0.1) is 11.6 Å². The molecule has 0 unspecified atom stereocenters. The van der Waals surface area contributed by atoms with Crippen molar-refractivity contribution >= 4 is 11.6 Å². The van der Waals surface area contributed by atoms with E-state index in [0.29, 0.717) is 11.3 Å². The molecule has 2 nitrogen and oxygen atoms in total. The number of aromatic nitrogens is 1. The first kappa shape index (κ1) is 12.1. The van der Waals surface area contributed by atoms with E-state index in [9.17, 15) is 13.2 Å². The second-order valence-corrected chi connectivity index (χ2v) is 3.18. The first-order chi connectivity index (χ1) is 6.94. The number of ether oxygens (including phenoxy) is 1. The van der Waals surface area contributed by atoms with Crippen LogP contribution >= 0.6 is 11.6 Å². The average molecular weight is 240 g/mol. The molecule has 1 aromatic rings. The van der Waals surface area contributed by atoms with Crippen molar-refractivity contribution in [2.45, 2.75) is 19.0 Å². The second-order valence-electron chi connectivity index (χ2n) is 2.91. The van der Waals surface area contributed by atoms with Crippen molar-refractivity contribution in [2.24, 2.45) is 0 Å². The molecule has 6 heteroatoms. The Hall–Kier alpha value is -0.970. The highest BCUT2D eigenvalue weighted by Gasteiger charge is 2.28. The van der Waals surface area contributed by atoms with Crippen LogP contribution in [0.5, 0.6) is 5.75 Å². The smallest absolute Gasteiger partial charge is 0.422 e. The lowest BCUT2D eigenvalue weighted by Crippen LogP contribution is -2.19.